The van der Waals surface area contributed by atoms with Crippen LogP contribution < -0.4 is 5.32 Å². The van der Waals surface area contributed by atoms with E-state index in [-0.39, 0.29) is 29.8 Å². The Morgan fingerprint density at radius 2 is 1.78 bits per heavy atom. The van der Waals surface area contributed by atoms with Crippen LogP contribution in [0.5, 0.6) is 0 Å². The first-order chi connectivity index (χ1) is 17.4. The van der Waals surface area contributed by atoms with Crippen molar-refractivity contribution in [2.45, 2.75) is 26.2 Å². The molecule has 1 aromatic heterocycles. The fourth-order valence-corrected chi connectivity index (χ4v) is 4.46. The van der Waals surface area contributed by atoms with Crippen molar-refractivity contribution in [2.24, 2.45) is 5.92 Å². The molecule has 0 bridgehead atoms. The number of aryl methyl sites for hydroxylation is 1. The summed E-state index contributed by atoms with van der Waals surface area (Å²) in [6.45, 7) is 3.03. The third-order valence-corrected chi connectivity index (χ3v) is 6.51. The quantitative estimate of drug-likeness (QED) is 0.375. The highest BCUT2D eigenvalue weighted by Crippen LogP contribution is 2.27. The maximum Gasteiger partial charge on any atom is 0.253 e. The van der Waals surface area contributed by atoms with E-state index in [0.29, 0.717) is 48.5 Å². The SMILES string of the molecule is Cc1ccc(-c2nc3cc(C(=O)N4CCC(CC(=O)Nc5cc(F)ccc5F)CC4)ccc3o2)cc1. The normalized spacial score (nSPS) is 14.2. The Bertz CT molecular complexity index is 1420. The van der Waals surface area contributed by atoms with Gasteiger partial charge in [0.05, 0.1) is 5.69 Å². The monoisotopic (exact) mass is 489 g/mol. The average Bonchev–Trinajstić information content (AvgIpc) is 3.30. The van der Waals surface area contributed by atoms with Crippen LogP contribution in [0.4, 0.5) is 14.5 Å². The third-order valence-electron chi connectivity index (χ3n) is 6.51. The smallest absolute Gasteiger partial charge is 0.253 e. The highest BCUT2D eigenvalue weighted by molar-refractivity contribution is 5.97. The van der Waals surface area contributed by atoms with Crippen LogP contribution >= 0.6 is 0 Å². The van der Waals surface area contributed by atoms with Crippen molar-refractivity contribution < 1.29 is 22.8 Å². The fraction of sp³-hybridized carbons (Fsp3) is 0.250. The summed E-state index contributed by atoms with van der Waals surface area (Å²) < 4.78 is 33.0. The zero-order valence-corrected chi connectivity index (χ0v) is 19.8. The minimum Gasteiger partial charge on any atom is -0.436 e. The Morgan fingerprint density at radius 1 is 1.03 bits per heavy atom. The van der Waals surface area contributed by atoms with E-state index in [1.54, 1.807) is 23.1 Å². The summed E-state index contributed by atoms with van der Waals surface area (Å²) in [6.07, 6.45) is 1.48. The van der Waals surface area contributed by atoms with Crippen LogP contribution in [0, 0.1) is 24.5 Å². The van der Waals surface area contributed by atoms with E-state index in [1.807, 2.05) is 31.2 Å². The molecular weight excluding hydrogens is 464 g/mol. The standard InChI is InChI=1S/C28H25F2N3O3/c1-17-2-4-19(5-3-17)27-32-24-15-20(6-9-25(24)36-27)28(35)33-12-10-18(11-13-33)14-26(34)31-23-16-21(29)7-8-22(23)30/h2-9,15-16,18H,10-14H2,1H3,(H,31,34). The molecule has 5 rings (SSSR count). The third kappa shape index (κ3) is 5.12. The minimum atomic E-state index is -0.680. The maximum absolute atomic E-state index is 13.8. The van der Waals surface area contributed by atoms with Crippen molar-refractivity contribution in [1.82, 2.24) is 9.88 Å². The van der Waals surface area contributed by atoms with Crippen molar-refractivity contribution >= 4 is 28.6 Å². The van der Waals surface area contributed by atoms with Gasteiger partial charge in [0.2, 0.25) is 11.8 Å². The highest BCUT2D eigenvalue weighted by atomic mass is 19.1. The molecule has 1 saturated heterocycles. The van der Waals surface area contributed by atoms with Crippen molar-refractivity contribution in [3.63, 3.8) is 0 Å². The topological polar surface area (TPSA) is 75.4 Å². The second-order valence-corrected chi connectivity index (χ2v) is 9.18. The number of fused-ring (bicyclic) bond motifs is 1. The number of hydrogen-bond donors (Lipinski definition) is 1. The fourth-order valence-electron chi connectivity index (χ4n) is 4.46. The van der Waals surface area contributed by atoms with E-state index in [0.717, 1.165) is 29.3 Å². The van der Waals surface area contributed by atoms with Crippen LogP contribution in [-0.4, -0.2) is 34.8 Å². The molecule has 3 aromatic carbocycles. The second-order valence-electron chi connectivity index (χ2n) is 9.18. The Hall–Kier alpha value is -4.07. The molecule has 0 unspecified atom stereocenters. The van der Waals surface area contributed by atoms with Gasteiger partial charge in [-0.1, -0.05) is 17.7 Å². The summed E-state index contributed by atoms with van der Waals surface area (Å²) in [6, 6.07) is 16.1. The molecule has 0 saturated carbocycles. The first-order valence-corrected chi connectivity index (χ1v) is 11.9. The molecule has 36 heavy (non-hydrogen) atoms. The van der Waals surface area contributed by atoms with Crippen LogP contribution in [0.2, 0.25) is 0 Å². The van der Waals surface area contributed by atoms with Gasteiger partial charge in [-0.25, -0.2) is 13.8 Å². The largest absolute Gasteiger partial charge is 0.436 e. The van der Waals surface area contributed by atoms with E-state index < -0.39 is 11.6 Å². The lowest BCUT2D eigenvalue weighted by Crippen LogP contribution is -2.39. The minimum absolute atomic E-state index is 0.0563. The van der Waals surface area contributed by atoms with Crippen LogP contribution in [-0.2, 0) is 4.79 Å². The average molecular weight is 490 g/mol. The number of anilines is 1. The lowest BCUT2D eigenvalue weighted by atomic mass is 9.92. The van der Waals surface area contributed by atoms with Crippen molar-refractivity contribution in [3.8, 4) is 11.5 Å². The molecule has 1 aliphatic heterocycles. The predicted octanol–water partition coefficient (Wildman–Crippen LogP) is 5.96. The number of oxazole rings is 1. The number of benzene rings is 3. The van der Waals surface area contributed by atoms with Gasteiger partial charge in [-0.2, -0.15) is 0 Å². The molecule has 6 nitrogen and oxygen atoms in total. The summed E-state index contributed by atoms with van der Waals surface area (Å²) in [5.74, 6) is -1.20. The molecule has 2 amide bonds. The molecule has 8 heteroatoms. The molecule has 0 spiro atoms. The summed E-state index contributed by atoms with van der Waals surface area (Å²) in [7, 11) is 0. The summed E-state index contributed by atoms with van der Waals surface area (Å²) in [5, 5.41) is 2.44. The zero-order chi connectivity index (χ0) is 25.2. The number of piperidine rings is 1. The highest BCUT2D eigenvalue weighted by Gasteiger charge is 2.26. The Labute approximate surface area is 206 Å². The van der Waals surface area contributed by atoms with Crippen molar-refractivity contribution in [1.29, 1.82) is 0 Å². The lowest BCUT2D eigenvalue weighted by molar-refractivity contribution is -0.117. The Morgan fingerprint density at radius 3 is 2.53 bits per heavy atom. The number of nitrogens with zero attached hydrogens (tertiary/aromatic N) is 2. The van der Waals surface area contributed by atoms with Crippen LogP contribution in [0.3, 0.4) is 0 Å². The molecule has 1 fully saturated rings. The van der Waals surface area contributed by atoms with Gasteiger partial charge in [-0.15, -0.1) is 0 Å². The number of aromatic nitrogens is 1. The van der Waals surface area contributed by atoms with Gasteiger partial charge in [-0.3, -0.25) is 9.59 Å². The predicted molar refractivity (Wildman–Crippen MR) is 132 cm³/mol. The summed E-state index contributed by atoms with van der Waals surface area (Å²) in [5.41, 5.74) is 3.61. The number of amides is 2. The molecule has 1 N–H and O–H groups in total. The van der Waals surface area contributed by atoms with Crippen molar-refractivity contribution in [2.75, 3.05) is 18.4 Å². The Kier molecular flexibility index (Phi) is 6.50. The van der Waals surface area contributed by atoms with Gasteiger partial charge in [0.1, 0.15) is 17.2 Å². The van der Waals surface area contributed by atoms with Gasteiger partial charge in [-0.05, 0) is 68.1 Å². The van der Waals surface area contributed by atoms with E-state index in [9.17, 15) is 18.4 Å². The molecule has 1 aliphatic rings. The van der Waals surface area contributed by atoms with Gasteiger partial charge < -0.3 is 14.6 Å². The summed E-state index contributed by atoms with van der Waals surface area (Å²) >= 11 is 0. The first-order valence-electron chi connectivity index (χ1n) is 11.9. The number of halogens is 2. The molecule has 184 valence electrons. The number of rotatable bonds is 5. The second kappa shape index (κ2) is 9.89. The number of hydrogen-bond acceptors (Lipinski definition) is 4. The van der Waals surface area contributed by atoms with Gasteiger partial charge in [0.15, 0.2) is 5.58 Å². The number of carbonyl (C=O) groups excluding carboxylic acids is 2. The van der Waals surface area contributed by atoms with E-state index >= 15 is 0 Å². The number of carbonyl (C=O) groups is 2. The molecule has 2 heterocycles. The molecule has 0 aliphatic carbocycles. The van der Waals surface area contributed by atoms with Gasteiger partial charge in [0, 0.05) is 36.7 Å². The van der Waals surface area contributed by atoms with Gasteiger partial charge in [0.25, 0.3) is 5.91 Å². The maximum atomic E-state index is 13.8. The zero-order valence-electron chi connectivity index (χ0n) is 19.8. The molecule has 0 atom stereocenters. The van der Waals surface area contributed by atoms with Crippen molar-refractivity contribution in [3.05, 3.63) is 83.4 Å². The van der Waals surface area contributed by atoms with Crippen LogP contribution in [0.1, 0.15) is 35.2 Å². The Balaban J connectivity index is 1.19. The van der Waals surface area contributed by atoms with Gasteiger partial charge >= 0.3 is 0 Å². The molecule has 0 radical (unpaired) electrons. The van der Waals surface area contributed by atoms with Crippen LogP contribution in [0.25, 0.3) is 22.6 Å². The van der Waals surface area contributed by atoms with Crippen LogP contribution in [0.15, 0.2) is 65.1 Å². The number of nitrogens with one attached hydrogen (secondary N) is 1. The first kappa shape index (κ1) is 23.7. The number of likely N-dealkylation sites (tertiary alicyclic amines) is 1. The van der Waals surface area contributed by atoms with E-state index in [4.69, 9.17) is 4.42 Å². The lowest BCUT2D eigenvalue weighted by Gasteiger charge is -2.31. The summed E-state index contributed by atoms with van der Waals surface area (Å²) in [4.78, 5) is 31.8. The molecular formula is C28H25F2N3O3. The molecule has 4 aromatic rings. The van der Waals surface area contributed by atoms with E-state index in [1.165, 1.54) is 0 Å². The van der Waals surface area contributed by atoms with E-state index in [2.05, 4.69) is 10.3 Å².